The molecule has 0 aliphatic heterocycles. The summed E-state index contributed by atoms with van der Waals surface area (Å²) >= 11 is 1.47. The van der Waals surface area contributed by atoms with E-state index in [2.05, 4.69) is 136 Å². The molecule has 1 atom stereocenters. The third-order valence-electron chi connectivity index (χ3n) is 8.37. The fourth-order valence-electron chi connectivity index (χ4n) is 6.53. The standard InChI is InChI=1S/C38H29.2ClH.Zr/c1-24-14-17-31-29(20-24)16-19-33(31)37-26(3)34(23-35-32-18-15-25(2)21-30(32)22-36(35)37)38(27-10-6-4-7-11-27)28-12-8-5-9-13-28;;;/h4-21,23,33H,1-3H3;2*1H;/q;;;+2/p-2. The summed E-state index contributed by atoms with van der Waals surface area (Å²) < 4.78 is 1.48. The van der Waals surface area contributed by atoms with Crippen molar-refractivity contribution < 1.29 is 49.5 Å². The van der Waals surface area contributed by atoms with Crippen LogP contribution in [-0.4, -0.2) is 0 Å². The number of allylic oxidation sites excluding steroid dienone is 1. The van der Waals surface area contributed by atoms with E-state index in [1.165, 1.54) is 105 Å². The molecule has 2 aliphatic carbocycles. The minimum Gasteiger partial charge on any atom is -1.00 e. The molecule has 41 heavy (non-hydrogen) atoms. The van der Waals surface area contributed by atoms with Crippen LogP contribution in [0.1, 0.15) is 56.0 Å². The molecule has 0 saturated heterocycles. The third kappa shape index (κ3) is 4.93. The van der Waals surface area contributed by atoms with Gasteiger partial charge in [-0.2, -0.15) is 0 Å². The zero-order chi connectivity index (χ0) is 26.7. The average molecular weight is 648 g/mol. The van der Waals surface area contributed by atoms with Crippen LogP contribution in [0.25, 0.3) is 26.1 Å². The number of hydrogen-bond acceptors (Lipinski definition) is 0. The number of rotatable bonds is 3. The maximum atomic E-state index is 2.49. The van der Waals surface area contributed by atoms with Crippen molar-refractivity contribution in [1.82, 2.24) is 0 Å². The van der Waals surface area contributed by atoms with Crippen LogP contribution >= 0.6 is 0 Å². The summed E-state index contributed by atoms with van der Waals surface area (Å²) in [5.74, 6) is 0.244. The molecule has 0 bridgehead atoms. The first-order valence-electron chi connectivity index (χ1n) is 13.7. The predicted octanol–water partition coefficient (Wildman–Crippen LogP) is 1.71. The molecule has 0 fully saturated rings. The SMILES string of the molecule is Cc1ccc2c(c1)C=CC2c1c(C)c(=C(c2ccccc2)c2ccccc2)cc2c1=[C]([Zr+2])c1cc(C)ccc1-2.[Cl-].[Cl-]. The van der Waals surface area contributed by atoms with E-state index >= 15 is 0 Å². The van der Waals surface area contributed by atoms with Crippen molar-refractivity contribution in [3.63, 3.8) is 0 Å². The normalized spacial score (nSPS) is 14.1. The van der Waals surface area contributed by atoms with Gasteiger partial charge in [0.25, 0.3) is 0 Å². The van der Waals surface area contributed by atoms with Crippen LogP contribution in [-0.2, 0) is 24.7 Å². The molecule has 1 unspecified atom stereocenters. The topological polar surface area (TPSA) is 0 Å². The van der Waals surface area contributed by atoms with E-state index < -0.39 is 0 Å². The molecule has 0 N–H and O–H groups in total. The second-order valence-electron chi connectivity index (χ2n) is 10.9. The largest absolute Gasteiger partial charge is 1.00 e. The van der Waals surface area contributed by atoms with Crippen LogP contribution in [0.5, 0.6) is 0 Å². The minimum atomic E-state index is 0. The Kier molecular flexibility index (Phi) is 8.45. The smallest absolute Gasteiger partial charge is 1.00 e. The summed E-state index contributed by atoms with van der Waals surface area (Å²) in [7, 11) is 0. The second-order valence-corrected chi connectivity index (χ2v) is 12.1. The van der Waals surface area contributed by atoms with Crippen molar-refractivity contribution in [3.8, 4) is 11.1 Å². The van der Waals surface area contributed by atoms with E-state index in [0.717, 1.165) is 0 Å². The summed E-state index contributed by atoms with van der Waals surface area (Å²) in [6.07, 6.45) is 4.76. The zero-order valence-electron chi connectivity index (χ0n) is 23.3. The third-order valence-corrected chi connectivity index (χ3v) is 9.65. The zero-order valence-corrected chi connectivity index (χ0v) is 27.3. The van der Waals surface area contributed by atoms with E-state index in [4.69, 9.17) is 0 Å². The van der Waals surface area contributed by atoms with Crippen molar-refractivity contribution in [2.45, 2.75) is 26.7 Å². The minimum absolute atomic E-state index is 0. The number of aryl methyl sites for hydroxylation is 2. The number of fused-ring (bicyclic) bond motifs is 4. The molecule has 0 amide bonds. The summed E-state index contributed by atoms with van der Waals surface area (Å²) in [5.41, 5.74) is 16.2. The molecule has 5 aromatic rings. The molecule has 0 heterocycles. The van der Waals surface area contributed by atoms with Crippen molar-refractivity contribution in [2.24, 2.45) is 0 Å². The Morgan fingerprint density at radius 2 is 1.24 bits per heavy atom. The van der Waals surface area contributed by atoms with Crippen molar-refractivity contribution in [2.75, 3.05) is 0 Å². The van der Waals surface area contributed by atoms with E-state index in [0.29, 0.717) is 0 Å². The van der Waals surface area contributed by atoms with E-state index in [9.17, 15) is 0 Å². The van der Waals surface area contributed by atoms with E-state index in [-0.39, 0.29) is 30.7 Å². The van der Waals surface area contributed by atoms with Gasteiger partial charge in [-0.25, -0.2) is 0 Å². The van der Waals surface area contributed by atoms with Gasteiger partial charge < -0.3 is 24.8 Å². The Hall–Kier alpha value is -2.96. The molecule has 3 heteroatoms. The van der Waals surface area contributed by atoms with Gasteiger partial charge in [-0.05, 0) is 0 Å². The van der Waals surface area contributed by atoms with Crippen LogP contribution in [0.15, 0.2) is 109 Å². The number of halogens is 2. The maximum absolute atomic E-state index is 2.49. The van der Waals surface area contributed by atoms with Crippen LogP contribution in [0.2, 0.25) is 0 Å². The fraction of sp³-hybridized carbons (Fsp3) is 0.105. The molecule has 0 spiro atoms. The van der Waals surface area contributed by atoms with Gasteiger partial charge in [0.1, 0.15) is 0 Å². The first-order valence-corrected chi connectivity index (χ1v) is 14.9. The number of benzene rings is 5. The fourth-order valence-corrected chi connectivity index (χ4v) is 7.70. The Balaban J connectivity index is 0.00000169. The van der Waals surface area contributed by atoms with Gasteiger partial charge >= 0.3 is 247 Å². The molecular weight excluding hydrogens is 619 g/mol. The molecule has 0 radical (unpaired) electrons. The second kappa shape index (κ2) is 11.7. The Morgan fingerprint density at radius 1 is 0.634 bits per heavy atom. The van der Waals surface area contributed by atoms with E-state index in [1.807, 2.05) is 0 Å². The first kappa shape index (κ1) is 29.5. The molecule has 0 saturated carbocycles. The van der Waals surface area contributed by atoms with Gasteiger partial charge in [-0.1, -0.05) is 0 Å². The quantitative estimate of drug-likeness (QED) is 0.280. The summed E-state index contributed by atoms with van der Waals surface area (Å²) in [5, 5.41) is 2.78. The monoisotopic (exact) mass is 645 g/mol. The van der Waals surface area contributed by atoms with Crippen molar-refractivity contribution in [3.05, 3.63) is 170 Å². The van der Waals surface area contributed by atoms with Crippen LogP contribution in [0, 0.1) is 20.8 Å². The molecule has 0 nitrogen and oxygen atoms in total. The van der Waals surface area contributed by atoms with Gasteiger partial charge in [0.05, 0.1) is 0 Å². The molecule has 0 aromatic heterocycles. The Bertz CT molecular complexity index is 1900. The Labute approximate surface area is 270 Å². The van der Waals surface area contributed by atoms with Gasteiger partial charge in [-0.3, -0.25) is 0 Å². The number of hydrogen-bond donors (Lipinski definition) is 0. The van der Waals surface area contributed by atoms with Crippen molar-refractivity contribution >= 4 is 14.9 Å². The van der Waals surface area contributed by atoms with Crippen LogP contribution < -0.4 is 35.3 Å². The van der Waals surface area contributed by atoms with Crippen LogP contribution in [0.3, 0.4) is 0 Å². The Morgan fingerprint density at radius 3 is 1.90 bits per heavy atom. The van der Waals surface area contributed by atoms with E-state index in [1.54, 1.807) is 0 Å². The molecule has 7 rings (SSSR count). The van der Waals surface area contributed by atoms with Crippen LogP contribution in [0.4, 0.5) is 0 Å². The maximum Gasteiger partial charge on any atom is -1.00 e. The van der Waals surface area contributed by atoms with Crippen molar-refractivity contribution in [1.29, 1.82) is 0 Å². The van der Waals surface area contributed by atoms with Gasteiger partial charge in [0.2, 0.25) is 0 Å². The average Bonchev–Trinajstić information content (AvgIpc) is 3.48. The summed E-state index contributed by atoms with van der Waals surface area (Å²) in [4.78, 5) is 0. The summed E-state index contributed by atoms with van der Waals surface area (Å²) in [6, 6.07) is 38.3. The molecule has 2 aliphatic rings. The van der Waals surface area contributed by atoms with Gasteiger partial charge in [0, 0.05) is 0 Å². The first-order chi connectivity index (χ1) is 19.0. The molecule has 199 valence electrons. The molecular formula is C38H29Cl2Zr. The molecule has 5 aromatic carbocycles. The van der Waals surface area contributed by atoms with Gasteiger partial charge in [0.15, 0.2) is 0 Å². The predicted molar refractivity (Wildman–Crippen MR) is 160 cm³/mol. The van der Waals surface area contributed by atoms with Gasteiger partial charge in [-0.15, -0.1) is 0 Å². The summed E-state index contributed by atoms with van der Waals surface area (Å²) in [6.45, 7) is 6.75.